The predicted octanol–water partition coefficient (Wildman–Crippen LogP) is 9.68. The van der Waals surface area contributed by atoms with Gasteiger partial charge in [0, 0.05) is 81.5 Å². The Morgan fingerprint density at radius 2 is 1.21 bits per heavy atom. The number of hydrogen-bond donors (Lipinski definition) is 2. The molecule has 3 aliphatic heterocycles. The number of piperidine rings is 1. The molecule has 2 aromatic heterocycles. The molecule has 348 valence electrons. The van der Waals surface area contributed by atoms with E-state index in [1.54, 1.807) is 37.7 Å². The molecule has 0 bridgehead atoms. The molecule has 5 heterocycles. The van der Waals surface area contributed by atoms with Crippen LogP contribution < -0.4 is 24.0 Å². The Hall–Kier alpha value is -2.68. The van der Waals surface area contributed by atoms with E-state index in [1.165, 1.54) is 46.3 Å². The summed E-state index contributed by atoms with van der Waals surface area (Å²) in [5.41, 5.74) is 2.08. The van der Waals surface area contributed by atoms with Crippen LogP contribution in [0.2, 0.25) is 15.1 Å². The van der Waals surface area contributed by atoms with Gasteiger partial charge in [0.1, 0.15) is 41.8 Å². The van der Waals surface area contributed by atoms with Crippen molar-refractivity contribution in [1.29, 1.82) is 0 Å². The van der Waals surface area contributed by atoms with E-state index in [0.29, 0.717) is 44.5 Å². The predicted molar refractivity (Wildman–Crippen MR) is 257 cm³/mol. The number of nitrogens with zero attached hydrogens (tertiary/aromatic N) is 7. The fourth-order valence-corrected chi connectivity index (χ4v) is 10.6. The fraction of sp³-hybridized carbons (Fsp3) is 0.605. The van der Waals surface area contributed by atoms with Gasteiger partial charge in [0.05, 0.1) is 60.7 Å². The third-order valence-electron chi connectivity index (χ3n) is 12.4. The first-order valence-electron chi connectivity index (χ1n) is 21.9. The molecule has 0 radical (unpaired) electrons. The minimum atomic E-state index is -0.00494. The highest BCUT2D eigenvalue weighted by molar-refractivity contribution is 7.96. The molecule has 1 aliphatic carbocycles. The molecule has 1 saturated carbocycles. The van der Waals surface area contributed by atoms with Crippen LogP contribution >= 0.6 is 59.3 Å². The van der Waals surface area contributed by atoms with E-state index in [2.05, 4.69) is 62.6 Å². The monoisotopic (exact) mass is 969 g/mol. The van der Waals surface area contributed by atoms with Gasteiger partial charge in [0.25, 0.3) is 5.91 Å². The van der Waals surface area contributed by atoms with Crippen molar-refractivity contribution in [3.63, 3.8) is 0 Å². The first-order chi connectivity index (χ1) is 30.7. The van der Waals surface area contributed by atoms with Crippen LogP contribution in [0.1, 0.15) is 82.0 Å². The minimum Gasteiger partial charge on any atom is -0.496 e. The van der Waals surface area contributed by atoms with E-state index in [9.17, 15) is 4.79 Å². The number of amides is 1. The van der Waals surface area contributed by atoms with Crippen LogP contribution in [0, 0.1) is 0 Å². The molecule has 1 aromatic carbocycles. The lowest BCUT2D eigenvalue weighted by atomic mass is 9.92. The third kappa shape index (κ3) is 13.5. The van der Waals surface area contributed by atoms with Crippen LogP contribution in [0.25, 0.3) is 0 Å². The topological polar surface area (TPSA) is 129 Å². The van der Waals surface area contributed by atoms with Gasteiger partial charge in [-0.25, -0.2) is 19.7 Å². The minimum absolute atomic E-state index is 0.00494. The summed E-state index contributed by atoms with van der Waals surface area (Å²) in [6.07, 6.45) is 14.5. The number of nitrogens with one attached hydrogen (secondary N) is 2. The highest BCUT2D eigenvalue weighted by atomic mass is 35.5. The van der Waals surface area contributed by atoms with Gasteiger partial charge in [0.15, 0.2) is 0 Å². The first kappa shape index (κ1) is 49.7. The molecule has 2 N–H and O–H groups in total. The lowest BCUT2D eigenvalue weighted by molar-refractivity contribution is -0.159. The van der Waals surface area contributed by atoms with Crippen molar-refractivity contribution >= 4 is 88.2 Å². The number of ether oxygens (including phenoxy) is 1. The summed E-state index contributed by atoms with van der Waals surface area (Å²) in [4.78, 5) is 43.3. The van der Waals surface area contributed by atoms with Crippen molar-refractivity contribution in [3.05, 3.63) is 63.4 Å². The summed E-state index contributed by atoms with van der Waals surface area (Å²) in [6, 6.07) is 11.1. The Balaban J connectivity index is 0.000000223. The van der Waals surface area contributed by atoms with Crippen LogP contribution in [-0.2, 0) is 18.4 Å². The smallest absolute Gasteiger partial charge is 0.257 e. The largest absolute Gasteiger partial charge is 0.496 e. The summed E-state index contributed by atoms with van der Waals surface area (Å²) in [5.74, 6) is 2.17. The van der Waals surface area contributed by atoms with Crippen molar-refractivity contribution in [2.24, 2.45) is 0 Å². The van der Waals surface area contributed by atoms with E-state index in [4.69, 9.17) is 48.2 Å². The van der Waals surface area contributed by atoms with Crippen molar-refractivity contribution in [3.8, 4) is 5.75 Å². The number of carbonyl (C=O) groups is 1. The van der Waals surface area contributed by atoms with Crippen LogP contribution in [0.4, 0.5) is 23.0 Å². The number of methoxy groups -OCH3 is 1. The van der Waals surface area contributed by atoms with E-state index >= 15 is 0 Å². The summed E-state index contributed by atoms with van der Waals surface area (Å²) in [7, 11) is 4.46. The number of hydrogen-bond acceptors (Lipinski definition) is 16. The Labute approximate surface area is 396 Å². The van der Waals surface area contributed by atoms with Gasteiger partial charge in [-0.3, -0.25) is 14.6 Å². The quantitative estimate of drug-likeness (QED) is 0.0464. The zero-order valence-corrected chi connectivity index (χ0v) is 40.8. The lowest BCUT2D eigenvalue weighted by Gasteiger charge is -2.47. The number of rotatable bonds is 16. The van der Waals surface area contributed by atoms with Gasteiger partial charge < -0.3 is 28.9 Å². The van der Waals surface area contributed by atoms with Crippen molar-refractivity contribution in [2.45, 2.75) is 95.8 Å². The standard InChI is InChI=1S/C25H33Cl2N5O4S.C18H29ClN4O2S/c1-4-19-16-31(24-22(27)14-18(15-28-24)29-37-36-35-3)11-12-32(19)20-7-9-30(10-8-20)25(33)21-6-5-17(26)13-23(21)34-2;1-3-15-13-22(9-10-23(15)16-7-5-4-6-8-16)18-17(19)11-14(12-20-18)21-26-25-24-2/h5-6,13-15,19-20,29H,4,7-12,16H2,1-3H3;11-12,15-16,21H,3-10,13H2,1-2H3/t19-;15-/m00/s1. The highest BCUT2D eigenvalue weighted by Crippen LogP contribution is 2.34. The van der Waals surface area contributed by atoms with Gasteiger partial charge in [-0.2, -0.15) is 0 Å². The molecule has 0 unspecified atom stereocenters. The Bertz CT molecular complexity index is 1900. The zero-order chi connectivity index (χ0) is 44.7. The summed E-state index contributed by atoms with van der Waals surface area (Å²) in [6.45, 7) is 11.7. The average Bonchev–Trinajstić information content (AvgIpc) is 3.31. The normalized spacial score (nSPS) is 20.6. The van der Waals surface area contributed by atoms with E-state index in [-0.39, 0.29) is 5.91 Å². The fourth-order valence-electron chi connectivity index (χ4n) is 9.27. The highest BCUT2D eigenvalue weighted by Gasteiger charge is 2.36. The zero-order valence-electron chi connectivity index (χ0n) is 36.9. The van der Waals surface area contributed by atoms with Gasteiger partial charge >= 0.3 is 0 Å². The Morgan fingerprint density at radius 1 is 0.698 bits per heavy atom. The number of pyridine rings is 2. The van der Waals surface area contributed by atoms with Crippen LogP contribution in [0.3, 0.4) is 0 Å². The molecule has 0 spiro atoms. The average molecular weight is 972 g/mol. The molecule has 15 nitrogen and oxygen atoms in total. The number of anilines is 4. The Kier molecular flexibility index (Phi) is 20.0. The van der Waals surface area contributed by atoms with E-state index in [0.717, 1.165) is 132 Å². The SMILES string of the molecule is CC[C@H]1CN(c2ncc(NSOOC)cc2Cl)CCN1C1CCCCC1.CC[C@H]1CN(c2ncc(NSOOC)cc2Cl)CCN1C1CCN(C(=O)c2ccc(Cl)cc2OC)CC1. The molecule has 4 fully saturated rings. The maximum atomic E-state index is 13.2. The molecule has 3 aromatic rings. The van der Waals surface area contributed by atoms with Crippen molar-refractivity contribution < 1.29 is 28.0 Å². The van der Waals surface area contributed by atoms with E-state index in [1.807, 2.05) is 17.0 Å². The second kappa shape index (κ2) is 25.3. The summed E-state index contributed by atoms with van der Waals surface area (Å²) >= 11 is 21.1. The number of halogens is 3. The molecular formula is C43H62Cl3N9O6S2. The number of carbonyl (C=O) groups excluding carboxylic acids is 1. The van der Waals surface area contributed by atoms with Crippen LogP contribution in [-0.4, -0.2) is 128 Å². The molecule has 20 heteroatoms. The summed E-state index contributed by atoms with van der Waals surface area (Å²) in [5, 5.41) is 1.81. The maximum Gasteiger partial charge on any atom is 0.257 e. The molecule has 3 saturated heterocycles. The Morgan fingerprint density at radius 3 is 1.67 bits per heavy atom. The van der Waals surface area contributed by atoms with Crippen LogP contribution in [0.5, 0.6) is 5.75 Å². The molecule has 2 atom stereocenters. The maximum absolute atomic E-state index is 13.2. The van der Waals surface area contributed by atoms with Crippen molar-refractivity contribution in [1.82, 2.24) is 24.7 Å². The van der Waals surface area contributed by atoms with Crippen LogP contribution in [0.15, 0.2) is 42.7 Å². The molecular weight excluding hydrogens is 909 g/mol. The number of aromatic nitrogens is 2. The van der Waals surface area contributed by atoms with Gasteiger partial charge in [0.2, 0.25) is 0 Å². The molecule has 1 amide bonds. The van der Waals surface area contributed by atoms with E-state index < -0.39 is 0 Å². The lowest BCUT2D eigenvalue weighted by Crippen LogP contribution is -2.58. The van der Waals surface area contributed by atoms with Crippen molar-refractivity contribution in [2.75, 3.05) is 92.9 Å². The van der Waals surface area contributed by atoms with Gasteiger partial charge in [-0.05, 0) is 68.9 Å². The molecule has 63 heavy (non-hydrogen) atoms. The summed E-state index contributed by atoms with van der Waals surface area (Å²) < 4.78 is 20.9. The first-order valence-corrected chi connectivity index (χ1v) is 24.5. The second-order valence-electron chi connectivity index (χ2n) is 16.1. The van der Waals surface area contributed by atoms with Gasteiger partial charge in [-0.15, -0.1) is 8.67 Å². The number of likely N-dealkylation sites (tertiary alicyclic amines) is 1. The second-order valence-corrected chi connectivity index (χ2v) is 18.3. The molecule has 7 rings (SSSR count). The number of piperazine rings is 2. The number of benzene rings is 1. The third-order valence-corrected chi connectivity index (χ3v) is 14.3. The molecule has 4 aliphatic rings. The van der Waals surface area contributed by atoms with Gasteiger partial charge in [-0.1, -0.05) is 67.9 Å².